The van der Waals surface area contributed by atoms with Crippen molar-refractivity contribution < 1.29 is 28.6 Å². The summed E-state index contributed by atoms with van der Waals surface area (Å²) in [6.07, 6.45) is 4.42. The van der Waals surface area contributed by atoms with Crippen LogP contribution < -0.4 is 25.8 Å². The van der Waals surface area contributed by atoms with Crippen LogP contribution in [0.25, 0.3) is 0 Å². The Balaban J connectivity index is 1.41. The maximum absolute atomic E-state index is 13.2. The molecule has 1 saturated carbocycles. The molecule has 0 bridgehead atoms. The summed E-state index contributed by atoms with van der Waals surface area (Å²) in [5.41, 5.74) is 6.97. The van der Waals surface area contributed by atoms with Gasteiger partial charge in [0.15, 0.2) is 11.5 Å². The molecule has 1 atom stereocenters. The number of ether oxygens (including phenoxy) is 3. The van der Waals surface area contributed by atoms with Gasteiger partial charge in [-0.05, 0) is 42.5 Å². The number of amides is 3. The quantitative estimate of drug-likeness (QED) is 0.464. The molecular formula is C27H33N3O6. The molecule has 3 amide bonds. The lowest BCUT2D eigenvalue weighted by atomic mass is 9.69. The molecule has 2 aromatic rings. The number of hydrogen-bond acceptors (Lipinski definition) is 6. The normalized spacial score (nSPS) is 16.6. The third-order valence-corrected chi connectivity index (χ3v) is 6.90. The topological polar surface area (TPSA) is 129 Å². The SMILES string of the molecule is NC(=O)CCC(NC(=O)OCc1ccccc1)C(=O)NCC1(c2ccc3c(c2)OCO3)CCCCC1. The summed E-state index contributed by atoms with van der Waals surface area (Å²) in [5.74, 6) is 0.513. The second-order valence-electron chi connectivity index (χ2n) is 9.39. The van der Waals surface area contributed by atoms with Gasteiger partial charge in [-0.15, -0.1) is 0 Å². The van der Waals surface area contributed by atoms with Gasteiger partial charge in [-0.25, -0.2) is 4.79 Å². The Labute approximate surface area is 210 Å². The van der Waals surface area contributed by atoms with Crippen LogP contribution in [-0.4, -0.2) is 37.3 Å². The van der Waals surface area contributed by atoms with Gasteiger partial charge in [-0.1, -0.05) is 55.7 Å². The monoisotopic (exact) mass is 495 g/mol. The van der Waals surface area contributed by atoms with E-state index in [-0.39, 0.29) is 37.6 Å². The first-order valence-electron chi connectivity index (χ1n) is 12.4. The summed E-state index contributed by atoms with van der Waals surface area (Å²) >= 11 is 0. The molecule has 0 radical (unpaired) electrons. The van der Waals surface area contributed by atoms with Crippen LogP contribution in [-0.2, 0) is 26.3 Å². The summed E-state index contributed by atoms with van der Waals surface area (Å²) in [6.45, 7) is 0.680. The van der Waals surface area contributed by atoms with E-state index >= 15 is 0 Å². The minimum Gasteiger partial charge on any atom is -0.454 e. The minimum atomic E-state index is -0.946. The highest BCUT2D eigenvalue weighted by atomic mass is 16.7. The van der Waals surface area contributed by atoms with E-state index in [9.17, 15) is 14.4 Å². The van der Waals surface area contributed by atoms with Crippen molar-refractivity contribution in [2.45, 2.75) is 63.0 Å². The molecule has 192 valence electrons. The van der Waals surface area contributed by atoms with E-state index in [0.717, 1.165) is 49.0 Å². The summed E-state index contributed by atoms with van der Waals surface area (Å²) < 4.78 is 16.3. The van der Waals surface area contributed by atoms with Crippen LogP contribution in [0, 0.1) is 0 Å². The van der Waals surface area contributed by atoms with E-state index in [0.29, 0.717) is 12.3 Å². The third-order valence-electron chi connectivity index (χ3n) is 6.90. The van der Waals surface area contributed by atoms with Crippen LogP contribution in [0.4, 0.5) is 4.79 Å². The summed E-state index contributed by atoms with van der Waals surface area (Å²) in [7, 11) is 0. The fraction of sp³-hybridized carbons (Fsp3) is 0.444. The molecule has 1 aliphatic heterocycles. The number of benzene rings is 2. The molecule has 2 aliphatic rings. The lowest BCUT2D eigenvalue weighted by Crippen LogP contribution is -2.51. The molecule has 9 heteroatoms. The van der Waals surface area contributed by atoms with E-state index < -0.39 is 18.0 Å². The highest BCUT2D eigenvalue weighted by Gasteiger charge is 2.36. The van der Waals surface area contributed by atoms with E-state index in [4.69, 9.17) is 19.9 Å². The zero-order chi connectivity index (χ0) is 25.4. The molecule has 0 spiro atoms. The molecule has 36 heavy (non-hydrogen) atoms. The highest BCUT2D eigenvalue weighted by molar-refractivity contribution is 5.86. The summed E-state index contributed by atoms with van der Waals surface area (Å²) in [5, 5.41) is 5.63. The van der Waals surface area contributed by atoms with Crippen LogP contribution in [0.2, 0.25) is 0 Å². The zero-order valence-electron chi connectivity index (χ0n) is 20.3. The molecule has 0 aromatic heterocycles. The Morgan fingerprint density at radius 2 is 1.75 bits per heavy atom. The van der Waals surface area contributed by atoms with E-state index in [1.165, 1.54) is 0 Å². The fourth-order valence-electron chi connectivity index (χ4n) is 4.86. The number of fused-ring (bicyclic) bond motifs is 1. The number of hydrogen-bond donors (Lipinski definition) is 3. The van der Waals surface area contributed by atoms with Crippen LogP contribution in [0.3, 0.4) is 0 Å². The smallest absolute Gasteiger partial charge is 0.408 e. The number of carbonyl (C=O) groups excluding carboxylic acids is 3. The van der Waals surface area contributed by atoms with Gasteiger partial charge < -0.3 is 30.6 Å². The Kier molecular flexibility index (Phi) is 8.30. The lowest BCUT2D eigenvalue weighted by molar-refractivity contribution is -0.124. The third kappa shape index (κ3) is 6.47. The average Bonchev–Trinajstić information content (AvgIpc) is 3.37. The fourth-order valence-corrected chi connectivity index (χ4v) is 4.86. The first-order chi connectivity index (χ1) is 17.4. The standard InChI is InChI=1S/C27H33N3O6/c28-24(31)12-10-21(30-26(33)34-16-19-7-3-1-4-8-19)25(32)29-17-27(13-5-2-6-14-27)20-9-11-22-23(15-20)36-18-35-22/h1,3-4,7-9,11,15,21H,2,5-6,10,12-14,16-18H2,(H2,28,31)(H,29,32)(H,30,33). The van der Waals surface area contributed by atoms with Crippen molar-refractivity contribution in [2.75, 3.05) is 13.3 Å². The maximum Gasteiger partial charge on any atom is 0.408 e. The summed E-state index contributed by atoms with van der Waals surface area (Å²) in [4.78, 5) is 37.0. The van der Waals surface area contributed by atoms with Gasteiger partial charge in [0.25, 0.3) is 0 Å². The van der Waals surface area contributed by atoms with Crippen LogP contribution in [0.1, 0.15) is 56.1 Å². The number of nitrogens with one attached hydrogen (secondary N) is 2. The first-order valence-corrected chi connectivity index (χ1v) is 12.4. The number of rotatable bonds is 10. The molecule has 9 nitrogen and oxygen atoms in total. The molecule has 1 fully saturated rings. The van der Waals surface area contributed by atoms with Crippen molar-refractivity contribution in [1.82, 2.24) is 10.6 Å². The van der Waals surface area contributed by atoms with Crippen molar-refractivity contribution in [3.05, 3.63) is 59.7 Å². The van der Waals surface area contributed by atoms with Gasteiger partial charge in [0, 0.05) is 18.4 Å². The Bertz CT molecular complexity index is 1070. The minimum absolute atomic E-state index is 0.0373. The Morgan fingerprint density at radius 1 is 1.00 bits per heavy atom. The van der Waals surface area contributed by atoms with E-state index in [1.807, 2.05) is 48.5 Å². The van der Waals surface area contributed by atoms with Gasteiger partial charge in [-0.2, -0.15) is 0 Å². The van der Waals surface area contributed by atoms with Gasteiger partial charge in [0.05, 0.1) is 0 Å². The predicted octanol–water partition coefficient (Wildman–Crippen LogP) is 3.29. The molecule has 4 rings (SSSR count). The lowest BCUT2D eigenvalue weighted by Gasteiger charge is -2.38. The average molecular weight is 496 g/mol. The van der Waals surface area contributed by atoms with Crippen molar-refractivity contribution in [2.24, 2.45) is 5.73 Å². The van der Waals surface area contributed by atoms with Crippen molar-refractivity contribution in [1.29, 1.82) is 0 Å². The molecule has 1 unspecified atom stereocenters. The van der Waals surface area contributed by atoms with Crippen molar-refractivity contribution >= 4 is 17.9 Å². The summed E-state index contributed by atoms with van der Waals surface area (Å²) in [6, 6.07) is 14.2. The van der Waals surface area contributed by atoms with Gasteiger partial charge in [-0.3, -0.25) is 9.59 Å². The first kappa shape index (κ1) is 25.3. The number of nitrogens with two attached hydrogens (primary N) is 1. The van der Waals surface area contributed by atoms with Gasteiger partial charge >= 0.3 is 6.09 Å². The largest absolute Gasteiger partial charge is 0.454 e. The molecule has 0 saturated heterocycles. The van der Waals surface area contributed by atoms with Crippen LogP contribution in [0.15, 0.2) is 48.5 Å². The van der Waals surface area contributed by atoms with Crippen LogP contribution in [0.5, 0.6) is 11.5 Å². The molecule has 2 aromatic carbocycles. The number of primary amides is 1. The second kappa shape index (κ2) is 11.8. The number of carbonyl (C=O) groups is 3. The Morgan fingerprint density at radius 3 is 2.50 bits per heavy atom. The molecule has 4 N–H and O–H groups in total. The van der Waals surface area contributed by atoms with Gasteiger partial charge in [0.1, 0.15) is 12.6 Å². The number of alkyl carbamates (subject to hydrolysis) is 1. The van der Waals surface area contributed by atoms with E-state index in [2.05, 4.69) is 10.6 Å². The maximum atomic E-state index is 13.2. The highest BCUT2D eigenvalue weighted by Crippen LogP contribution is 2.43. The van der Waals surface area contributed by atoms with E-state index in [1.54, 1.807) is 0 Å². The predicted molar refractivity (Wildman–Crippen MR) is 132 cm³/mol. The van der Waals surface area contributed by atoms with Crippen LogP contribution >= 0.6 is 0 Å². The molecule has 1 heterocycles. The second-order valence-corrected chi connectivity index (χ2v) is 9.39. The van der Waals surface area contributed by atoms with Crippen molar-refractivity contribution in [3.63, 3.8) is 0 Å². The molecule has 1 aliphatic carbocycles. The van der Waals surface area contributed by atoms with Gasteiger partial charge in [0.2, 0.25) is 18.6 Å². The Hall–Kier alpha value is -3.75. The zero-order valence-corrected chi connectivity index (χ0v) is 20.3. The van der Waals surface area contributed by atoms with Crippen molar-refractivity contribution in [3.8, 4) is 11.5 Å². The molecular weight excluding hydrogens is 462 g/mol.